The molecule has 17 heavy (non-hydrogen) atoms. The number of Topliss-reactive ketones (excluding diaryl/α,β-unsaturated/α-hetero) is 1. The third-order valence-electron chi connectivity index (χ3n) is 1.90. The molecule has 0 N–H and O–H groups in total. The van der Waals surface area contributed by atoms with Gasteiger partial charge in [0.1, 0.15) is 11.9 Å². The first kappa shape index (κ1) is 18.5. The number of hydrogen-bond donors (Lipinski definition) is 0. The maximum absolute atomic E-state index is 10.3. The SMILES string of the molecule is CCCCCC(C)=O.COCC(C)OC(C)=O. The molecule has 0 radical (unpaired) electrons. The Bertz CT molecular complexity index is 202. The van der Waals surface area contributed by atoms with Crippen LogP contribution in [-0.2, 0) is 19.1 Å². The fourth-order valence-corrected chi connectivity index (χ4v) is 1.18. The fraction of sp³-hybridized carbons (Fsp3) is 0.846. The topological polar surface area (TPSA) is 52.6 Å². The summed E-state index contributed by atoms with van der Waals surface area (Å²) >= 11 is 0. The van der Waals surface area contributed by atoms with Crippen molar-refractivity contribution in [1.29, 1.82) is 0 Å². The molecule has 0 aliphatic rings. The van der Waals surface area contributed by atoms with Gasteiger partial charge < -0.3 is 14.3 Å². The van der Waals surface area contributed by atoms with Crippen LogP contribution in [0, 0.1) is 0 Å². The Morgan fingerprint density at radius 2 is 1.76 bits per heavy atom. The lowest BCUT2D eigenvalue weighted by atomic mass is 10.2. The van der Waals surface area contributed by atoms with Crippen LogP contribution in [-0.4, -0.2) is 31.6 Å². The monoisotopic (exact) mass is 246 g/mol. The molecule has 0 aromatic heterocycles. The lowest BCUT2D eigenvalue weighted by Crippen LogP contribution is -2.17. The number of esters is 1. The molecule has 1 unspecified atom stereocenters. The molecule has 0 rings (SSSR count). The van der Waals surface area contributed by atoms with E-state index >= 15 is 0 Å². The number of rotatable bonds is 7. The largest absolute Gasteiger partial charge is 0.460 e. The molecule has 0 aliphatic heterocycles. The molecule has 0 saturated carbocycles. The van der Waals surface area contributed by atoms with Crippen LogP contribution in [0.1, 0.15) is 53.4 Å². The number of hydrogen-bond acceptors (Lipinski definition) is 4. The van der Waals surface area contributed by atoms with Crippen LogP contribution in [0.5, 0.6) is 0 Å². The normalized spacial score (nSPS) is 11.1. The summed E-state index contributed by atoms with van der Waals surface area (Å²) in [5, 5.41) is 0. The highest BCUT2D eigenvalue weighted by molar-refractivity contribution is 5.75. The second-order valence-corrected chi connectivity index (χ2v) is 4.03. The summed E-state index contributed by atoms with van der Waals surface area (Å²) in [4.78, 5) is 20.6. The first-order valence-corrected chi connectivity index (χ1v) is 6.09. The molecule has 0 fully saturated rings. The van der Waals surface area contributed by atoms with E-state index in [1.54, 1.807) is 21.0 Å². The molecule has 0 aliphatic carbocycles. The van der Waals surface area contributed by atoms with Gasteiger partial charge in [0.2, 0.25) is 0 Å². The highest BCUT2D eigenvalue weighted by Gasteiger charge is 2.02. The predicted molar refractivity (Wildman–Crippen MR) is 67.9 cm³/mol. The minimum absolute atomic E-state index is 0.132. The maximum atomic E-state index is 10.3. The van der Waals surface area contributed by atoms with Gasteiger partial charge in [-0.1, -0.05) is 19.8 Å². The molecule has 0 amide bonds. The van der Waals surface area contributed by atoms with Crippen molar-refractivity contribution in [3.05, 3.63) is 0 Å². The van der Waals surface area contributed by atoms with Gasteiger partial charge in [-0.3, -0.25) is 4.79 Å². The van der Waals surface area contributed by atoms with Crippen LogP contribution in [0.2, 0.25) is 0 Å². The molecular weight excluding hydrogens is 220 g/mol. The van der Waals surface area contributed by atoms with Gasteiger partial charge in [0.05, 0.1) is 6.61 Å². The molecule has 0 spiro atoms. The van der Waals surface area contributed by atoms with Gasteiger partial charge in [0.15, 0.2) is 0 Å². The van der Waals surface area contributed by atoms with Gasteiger partial charge in [-0.2, -0.15) is 0 Å². The lowest BCUT2D eigenvalue weighted by Gasteiger charge is -2.08. The minimum Gasteiger partial charge on any atom is -0.460 e. The summed E-state index contributed by atoms with van der Waals surface area (Å²) in [6.07, 6.45) is 4.11. The zero-order valence-corrected chi connectivity index (χ0v) is 11.7. The summed E-state index contributed by atoms with van der Waals surface area (Å²) in [7, 11) is 1.57. The van der Waals surface area contributed by atoms with Crippen molar-refractivity contribution in [2.75, 3.05) is 13.7 Å². The Morgan fingerprint density at radius 3 is 2.12 bits per heavy atom. The van der Waals surface area contributed by atoms with E-state index in [4.69, 9.17) is 9.47 Å². The highest BCUT2D eigenvalue weighted by atomic mass is 16.6. The molecule has 4 nitrogen and oxygen atoms in total. The fourth-order valence-electron chi connectivity index (χ4n) is 1.18. The number of ether oxygens (including phenoxy) is 2. The lowest BCUT2D eigenvalue weighted by molar-refractivity contribution is -0.147. The van der Waals surface area contributed by atoms with Crippen molar-refractivity contribution >= 4 is 11.8 Å². The van der Waals surface area contributed by atoms with Gasteiger partial charge in [-0.25, -0.2) is 0 Å². The van der Waals surface area contributed by atoms with E-state index in [1.807, 2.05) is 0 Å². The third kappa shape index (κ3) is 21.0. The average Bonchev–Trinajstić information content (AvgIpc) is 2.17. The Morgan fingerprint density at radius 1 is 1.18 bits per heavy atom. The molecule has 0 bridgehead atoms. The van der Waals surface area contributed by atoms with Crippen molar-refractivity contribution in [3.8, 4) is 0 Å². The summed E-state index contributed by atoms with van der Waals surface area (Å²) in [6.45, 7) is 7.41. The molecule has 0 aromatic rings. The molecule has 1 atom stereocenters. The Labute approximate surface area is 105 Å². The van der Waals surface area contributed by atoms with Crippen LogP contribution >= 0.6 is 0 Å². The number of carbonyl (C=O) groups excluding carboxylic acids is 2. The number of carbonyl (C=O) groups is 2. The van der Waals surface area contributed by atoms with E-state index in [9.17, 15) is 9.59 Å². The average molecular weight is 246 g/mol. The summed E-state index contributed by atoms with van der Waals surface area (Å²) in [5.74, 6) is 0.0537. The molecule has 4 heteroatoms. The molecular formula is C13H26O4. The standard InChI is InChI=1S/C7H14O.C6H12O3/c1-3-4-5-6-7(2)8;1-5(4-8-3)9-6(2)7/h3-6H2,1-2H3;5H,4H2,1-3H3. The molecule has 102 valence electrons. The van der Waals surface area contributed by atoms with Crippen molar-refractivity contribution in [2.24, 2.45) is 0 Å². The van der Waals surface area contributed by atoms with E-state index in [0.717, 1.165) is 12.8 Å². The van der Waals surface area contributed by atoms with Crippen molar-refractivity contribution < 1.29 is 19.1 Å². The quantitative estimate of drug-likeness (QED) is 0.512. The highest BCUT2D eigenvalue weighted by Crippen LogP contribution is 1.98. The van der Waals surface area contributed by atoms with E-state index < -0.39 is 0 Å². The summed E-state index contributed by atoms with van der Waals surface area (Å²) in [5.41, 5.74) is 0. The van der Waals surface area contributed by atoms with Crippen LogP contribution in [0.25, 0.3) is 0 Å². The first-order valence-electron chi connectivity index (χ1n) is 6.09. The smallest absolute Gasteiger partial charge is 0.302 e. The van der Waals surface area contributed by atoms with Gasteiger partial charge >= 0.3 is 5.97 Å². The number of ketones is 1. The summed E-state index contributed by atoms with van der Waals surface area (Å²) in [6, 6.07) is 0. The first-order chi connectivity index (χ1) is 7.93. The molecule has 0 saturated heterocycles. The van der Waals surface area contributed by atoms with Crippen LogP contribution in [0.3, 0.4) is 0 Å². The Balaban J connectivity index is 0. The Kier molecular flexibility index (Phi) is 14.3. The minimum atomic E-state index is -0.264. The second kappa shape index (κ2) is 13.2. The summed E-state index contributed by atoms with van der Waals surface area (Å²) < 4.78 is 9.45. The second-order valence-electron chi connectivity index (χ2n) is 4.03. The van der Waals surface area contributed by atoms with Crippen LogP contribution < -0.4 is 0 Å². The Hall–Kier alpha value is -0.900. The molecule has 0 heterocycles. The van der Waals surface area contributed by atoms with Crippen molar-refractivity contribution in [3.63, 3.8) is 0 Å². The van der Waals surface area contributed by atoms with E-state index in [0.29, 0.717) is 12.4 Å². The number of methoxy groups -OCH3 is 1. The third-order valence-corrected chi connectivity index (χ3v) is 1.90. The van der Waals surface area contributed by atoms with Crippen molar-refractivity contribution in [2.45, 2.75) is 59.5 Å². The van der Waals surface area contributed by atoms with Gasteiger partial charge in [0, 0.05) is 20.5 Å². The van der Waals surface area contributed by atoms with E-state index in [1.165, 1.54) is 19.8 Å². The van der Waals surface area contributed by atoms with Crippen LogP contribution in [0.4, 0.5) is 0 Å². The predicted octanol–water partition coefficient (Wildman–Crippen LogP) is 2.74. The van der Waals surface area contributed by atoms with Gasteiger partial charge in [0.25, 0.3) is 0 Å². The van der Waals surface area contributed by atoms with E-state index in [2.05, 4.69) is 6.92 Å². The van der Waals surface area contributed by atoms with Crippen LogP contribution in [0.15, 0.2) is 0 Å². The maximum Gasteiger partial charge on any atom is 0.302 e. The van der Waals surface area contributed by atoms with E-state index in [-0.39, 0.29) is 12.1 Å². The molecule has 0 aromatic carbocycles. The zero-order chi connectivity index (χ0) is 13.7. The zero-order valence-electron chi connectivity index (χ0n) is 11.7. The van der Waals surface area contributed by atoms with Gasteiger partial charge in [-0.05, 0) is 20.3 Å². The van der Waals surface area contributed by atoms with Crippen molar-refractivity contribution in [1.82, 2.24) is 0 Å². The number of unbranched alkanes of at least 4 members (excludes halogenated alkanes) is 2. The van der Waals surface area contributed by atoms with Gasteiger partial charge in [-0.15, -0.1) is 0 Å².